The smallest absolute Gasteiger partial charge is 0.259 e. The predicted octanol–water partition coefficient (Wildman–Crippen LogP) is 3.78. The first-order valence-electron chi connectivity index (χ1n) is 8.46. The lowest BCUT2D eigenvalue weighted by molar-refractivity contribution is 0.0628. The van der Waals surface area contributed by atoms with Crippen molar-refractivity contribution >= 4 is 34.8 Å². The molecule has 6 heteroatoms. The molecule has 0 spiro atoms. The van der Waals surface area contributed by atoms with Crippen molar-refractivity contribution in [2.45, 2.75) is 19.1 Å². The maximum absolute atomic E-state index is 13.3. The molecule has 1 atom stereocenters. The Hall–Kier alpha value is -1.75. The van der Waals surface area contributed by atoms with Gasteiger partial charge in [0.2, 0.25) is 0 Å². The summed E-state index contributed by atoms with van der Waals surface area (Å²) in [6, 6.07) is 13.6. The van der Waals surface area contributed by atoms with Gasteiger partial charge in [0.25, 0.3) is 5.91 Å². The van der Waals surface area contributed by atoms with Crippen LogP contribution in [-0.4, -0.2) is 36.6 Å². The van der Waals surface area contributed by atoms with Gasteiger partial charge in [-0.3, -0.25) is 4.79 Å². The fourth-order valence-corrected chi connectivity index (χ4v) is 4.26. The average Bonchev–Trinajstić information content (AvgIpc) is 2.85. The summed E-state index contributed by atoms with van der Waals surface area (Å²) in [6.07, 6.45) is 0.868. The number of benzene rings is 2. The normalized spacial score (nSPS) is 20.1. The number of hydrogen-bond donors (Lipinski definition) is 1. The SMILES string of the molecule is O=C1c2c(Cl)cc(Cl)cc2N2CCNCCC2N1Cc1ccccc1. The second-order valence-corrected chi connectivity index (χ2v) is 7.26. The molecule has 2 aromatic carbocycles. The van der Waals surface area contributed by atoms with Gasteiger partial charge in [-0.15, -0.1) is 0 Å². The Labute approximate surface area is 157 Å². The Kier molecular flexibility index (Phi) is 4.59. The van der Waals surface area contributed by atoms with Gasteiger partial charge in [0.05, 0.1) is 16.3 Å². The van der Waals surface area contributed by atoms with E-state index in [1.54, 1.807) is 6.07 Å². The molecule has 2 aliphatic heterocycles. The molecule has 2 aromatic rings. The zero-order valence-corrected chi connectivity index (χ0v) is 15.2. The third kappa shape index (κ3) is 3.10. The van der Waals surface area contributed by atoms with Crippen molar-refractivity contribution in [3.05, 3.63) is 63.6 Å². The van der Waals surface area contributed by atoms with E-state index in [9.17, 15) is 4.79 Å². The van der Waals surface area contributed by atoms with E-state index in [0.29, 0.717) is 22.2 Å². The molecule has 1 fully saturated rings. The van der Waals surface area contributed by atoms with Gasteiger partial charge in [-0.1, -0.05) is 53.5 Å². The third-order valence-corrected chi connectivity index (χ3v) is 5.36. The molecule has 25 heavy (non-hydrogen) atoms. The molecule has 4 nitrogen and oxygen atoms in total. The first-order valence-corrected chi connectivity index (χ1v) is 9.22. The number of nitrogens with zero attached hydrogens (tertiary/aromatic N) is 2. The summed E-state index contributed by atoms with van der Waals surface area (Å²) in [5, 5.41) is 4.39. The lowest BCUT2D eigenvalue weighted by atomic mass is 10.0. The van der Waals surface area contributed by atoms with Gasteiger partial charge in [0.15, 0.2) is 0 Å². The Morgan fingerprint density at radius 3 is 2.72 bits per heavy atom. The highest BCUT2D eigenvalue weighted by Crippen LogP contribution is 2.39. The first kappa shape index (κ1) is 16.7. The predicted molar refractivity (Wildman–Crippen MR) is 101 cm³/mol. The fraction of sp³-hybridized carbons (Fsp3) is 0.316. The molecule has 1 amide bonds. The Morgan fingerprint density at radius 1 is 1.12 bits per heavy atom. The largest absolute Gasteiger partial charge is 0.349 e. The Morgan fingerprint density at radius 2 is 1.92 bits per heavy atom. The second kappa shape index (κ2) is 6.87. The number of amides is 1. The fourth-order valence-electron chi connectivity index (χ4n) is 3.70. The van der Waals surface area contributed by atoms with Crippen LogP contribution in [0.4, 0.5) is 5.69 Å². The van der Waals surface area contributed by atoms with Crippen molar-refractivity contribution in [2.75, 3.05) is 24.5 Å². The standard InChI is InChI=1S/C19H19Cl2N3O/c20-14-10-15(21)18-16(11-14)23-9-8-22-7-6-17(23)24(19(18)25)12-13-4-2-1-3-5-13/h1-5,10-11,17,22H,6-9,12H2. The van der Waals surface area contributed by atoms with E-state index in [2.05, 4.69) is 10.2 Å². The molecule has 1 saturated heterocycles. The van der Waals surface area contributed by atoms with Crippen LogP contribution in [0.5, 0.6) is 0 Å². The lowest BCUT2D eigenvalue weighted by Crippen LogP contribution is -2.55. The zero-order chi connectivity index (χ0) is 17.4. The monoisotopic (exact) mass is 375 g/mol. The van der Waals surface area contributed by atoms with Crippen LogP contribution < -0.4 is 10.2 Å². The molecule has 2 heterocycles. The van der Waals surface area contributed by atoms with Crippen LogP contribution in [-0.2, 0) is 6.54 Å². The van der Waals surface area contributed by atoms with Crippen molar-refractivity contribution in [2.24, 2.45) is 0 Å². The van der Waals surface area contributed by atoms with E-state index in [0.717, 1.165) is 37.3 Å². The summed E-state index contributed by atoms with van der Waals surface area (Å²) in [4.78, 5) is 17.5. The summed E-state index contributed by atoms with van der Waals surface area (Å²) in [7, 11) is 0. The molecule has 130 valence electrons. The van der Waals surface area contributed by atoms with Crippen LogP contribution in [0.25, 0.3) is 0 Å². The number of fused-ring (bicyclic) bond motifs is 3. The minimum absolute atomic E-state index is 0.00439. The van der Waals surface area contributed by atoms with Gasteiger partial charge in [0, 0.05) is 24.7 Å². The topological polar surface area (TPSA) is 35.6 Å². The number of rotatable bonds is 2. The van der Waals surface area contributed by atoms with Crippen molar-refractivity contribution in [1.29, 1.82) is 0 Å². The van der Waals surface area contributed by atoms with E-state index in [1.807, 2.05) is 41.3 Å². The molecular formula is C19H19Cl2N3O. The van der Waals surface area contributed by atoms with Crippen LogP contribution in [0, 0.1) is 0 Å². The molecule has 1 N–H and O–H groups in total. The van der Waals surface area contributed by atoms with Crippen LogP contribution in [0.3, 0.4) is 0 Å². The maximum atomic E-state index is 13.3. The number of halogens is 2. The summed E-state index contributed by atoms with van der Waals surface area (Å²) >= 11 is 12.6. The Balaban J connectivity index is 1.80. The summed E-state index contributed by atoms with van der Waals surface area (Å²) in [5.74, 6) is -0.0244. The maximum Gasteiger partial charge on any atom is 0.259 e. The van der Waals surface area contributed by atoms with Crippen LogP contribution >= 0.6 is 23.2 Å². The average molecular weight is 376 g/mol. The van der Waals surface area contributed by atoms with E-state index in [4.69, 9.17) is 23.2 Å². The molecule has 0 bridgehead atoms. The summed E-state index contributed by atoms with van der Waals surface area (Å²) in [5.41, 5.74) is 2.52. The number of carbonyl (C=O) groups excluding carboxylic acids is 1. The van der Waals surface area contributed by atoms with E-state index < -0.39 is 0 Å². The van der Waals surface area contributed by atoms with Gasteiger partial charge in [-0.05, 0) is 30.7 Å². The van der Waals surface area contributed by atoms with Crippen molar-refractivity contribution in [1.82, 2.24) is 10.2 Å². The number of anilines is 1. The molecular weight excluding hydrogens is 357 g/mol. The van der Waals surface area contributed by atoms with Crippen molar-refractivity contribution in [3.63, 3.8) is 0 Å². The minimum atomic E-state index is -0.0244. The quantitative estimate of drug-likeness (QED) is 0.867. The second-order valence-electron chi connectivity index (χ2n) is 6.41. The van der Waals surface area contributed by atoms with Crippen molar-refractivity contribution in [3.8, 4) is 0 Å². The van der Waals surface area contributed by atoms with Crippen LogP contribution in [0.1, 0.15) is 22.3 Å². The number of hydrogen-bond acceptors (Lipinski definition) is 3. The van der Waals surface area contributed by atoms with Gasteiger partial charge in [-0.2, -0.15) is 0 Å². The van der Waals surface area contributed by atoms with E-state index >= 15 is 0 Å². The zero-order valence-electron chi connectivity index (χ0n) is 13.7. The summed E-state index contributed by atoms with van der Waals surface area (Å²) in [6.45, 7) is 3.13. The van der Waals surface area contributed by atoms with Gasteiger partial charge in [0.1, 0.15) is 6.17 Å². The highest BCUT2D eigenvalue weighted by molar-refractivity contribution is 6.38. The first-order chi connectivity index (χ1) is 12.1. The third-order valence-electron chi connectivity index (χ3n) is 4.84. The highest BCUT2D eigenvalue weighted by Gasteiger charge is 2.39. The molecule has 0 radical (unpaired) electrons. The van der Waals surface area contributed by atoms with E-state index in [-0.39, 0.29) is 12.1 Å². The number of nitrogens with one attached hydrogen (secondary N) is 1. The molecule has 0 aliphatic carbocycles. The highest BCUT2D eigenvalue weighted by atomic mass is 35.5. The van der Waals surface area contributed by atoms with E-state index in [1.165, 1.54) is 0 Å². The van der Waals surface area contributed by atoms with Crippen molar-refractivity contribution < 1.29 is 4.79 Å². The van der Waals surface area contributed by atoms with Crippen LogP contribution in [0.2, 0.25) is 10.0 Å². The molecule has 0 saturated carbocycles. The van der Waals surface area contributed by atoms with Gasteiger partial charge in [-0.25, -0.2) is 0 Å². The van der Waals surface area contributed by atoms with Gasteiger partial charge < -0.3 is 15.1 Å². The van der Waals surface area contributed by atoms with Gasteiger partial charge >= 0.3 is 0 Å². The number of carbonyl (C=O) groups is 1. The minimum Gasteiger partial charge on any atom is -0.349 e. The van der Waals surface area contributed by atoms with Crippen LogP contribution in [0.15, 0.2) is 42.5 Å². The molecule has 2 aliphatic rings. The summed E-state index contributed by atoms with van der Waals surface area (Å²) < 4.78 is 0. The molecule has 0 aromatic heterocycles. The molecule has 4 rings (SSSR count). The lowest BCUT2D eigenvalue weighted by Gasteiger charge is -2.45. The Bertz CT molecular complexity index is 797. The molecule has 1 unspecified atom stereocenters.